The molecule has 3 rings (SSSR count). The standard InChI is InChI=1S/C24H27NO7/c1-14(2)12-25-19-8-6-5-7-15(19)9-18(24(25)29)17(11-21(27)31-4)23-22(28)20(26)10-16(32-23)13-30-3/h5-10,14,17,28H,11-13H2,1-4H3. The maximum atomic E-state index is 13.6. The average Bonchev–Trinajstić information content (AvgIpc) is 2.76. The number of para-hydroxylation sites is 1. The summed E-state index contributed by atoms with van der Waals surface area (Å²) in [6.07, 6.45) is -0.293. The maximum absolute atomic E-state index is 13.6. The molecule has 0 spiro atoms. The molecular formula is C24H27NO7. The van der Waals surface area contributed by atoms with Crippen LogP contribution in [-0.2, 0) is 27.4 Å². The molecule has 2 heterocycles. The Hall–Kier alpha value is -3.39. The molecule has 3 aromatic rings. The van der Waals surface area contributed by atoms with Gasteiger partial charge in [0, 0.05) is 25.3 Å². The van der Waals surface area contributed by atoms with Crippen molar-refractivity contribution in [3.05, 3.63) is 74.1 Å². The minimum atomic E-state index is -1.03. The molecule has 8 nitrogen and oxygen atoms in total. The topological polar surface area (TPSA) is 108 Å². The average molecular weight is 441 g/mol. The Morgan fingerprint density at radius 3 is 2.53 bits per heavy atom. The lowest BCUT2D eigenvalue weighted by molar-refractivity contribution is -0.140. The SMILES string of the molecule is COCc1cc(=O)c(O)c(C(CC(=O)OC)c2cc3ccccc3n(CC(C)C)c2=O)o1. The van der Waals surface area contributed by atoms with Gasteiger partial charge < -0.3 is 23.6 Å². The number of esters is 1. The summed E-state index contributed by atoms with van der Waals surface area (Å²) in [5.74, 6) is -2.11. The van der Waals surface area contributed by atoms with Crippen molar-refractivity contribution >= 4 is 16.9 Å². The van der Waals surface area contributed by atoms with Crippen molar-refractivity contribution in [3.8, 4) is 5.75 Å². The van der Waals surface area contributed by atoms with Crippen LogP contribution in [0.5, 0.6) is 5.75 Å². The second kappa shape index (κ2) is 9.82. The van der Waals surface area contributed by atoms with Gasteiger partial charge in [-0.3, -0.25) is 14.4 Å². The number of carbonyl (C=O) groups is 1. The summed E-state index contributed by atoms with van der Waals surface area (Å²) in [6.45, 7) is 4.44. The van der Waals surface area contributed by atoms with Crippen molar-refractivity contribution in [1.82, 2.24) is 4.57 Å². The van der Waals surface area contributed by atoms with E-state index in [-0.39, 0.29) is 41.6 Å². The molecule has 0 fully saturated rings. The number of hydrogen-bond acceptors (Lipinski definition) is 7. The number of benzene rings is 1. The van der Waals surface area contributed by atoms with E-state index in [1.807, 2.05) is 38.1 Å². The Balaban J connectivity index is 2.33. The number of methoxy groups -OCH3 is 2. The van der Waals surface area contributed by atoms with Crippen LogP contribution >= 0.6 is 0 Å². The molecule has 0 amide bonds. The van der Waals surface area contributed by atoms with Crippen LogP contribution in [0.1, 0.15) is 43.3 Å². The number of carbonyl (C=O) groups excluding carboxylic acids is 1. The molecule has 1 aromatic carbocycles. The van der Waals surface area contributed by atoms with E-state index < -0.39 is 23.1 Å². The molecule has 1 atom stereocenters. The van der Waals surface area contributed by atoms with Crippen LogP contribution in [0.2, 0.25) is 0 Å². The van der Waals surface area contributed by atoms with Crippen LogP contribution in [0.3, 0.4) is 0 Å². The predicted octanol–water partition coefficient (Wildman–Crippen LogP) is 3.16. The van der Waals surface area contributed by atoms with E-state index in [1.165, 1.54) is 14.2 Å². The van der Waals surface area contributed by atoms with E-state index in [0.717, 1.165) is 17.0 Å². The summed E-state index contributed by atoms with van der Waals surface area (Å²) in [6, 6.07) is 10.2. The summed E-state index contributed by atoms with van der Waals surface area (Å²) >= 11 is 0. The van der Waals surface area contributed by atoms with E-state index in [0.29, 0.717) is 6.54 Å². The van der Waals surface area contributed by atoms with Gasteiger partial charge in [-0.1, -0.05) is 32.0 Å². The second-order valence-electron chi connectivity index (χ2n) is 8.02. The van der Waals surface area contributed by atoms with Crippen molar-refractivity contribution in [2.45, 2.75) is 39.3 Å². The first-order valence-electron chi connectivity index (χ1n) is 10.3. The van der Waals surface area contributed by atoms with Gasteiger partial charge in [0.1, 0.15) is 12.4 Å². The van der Waals surface area contributed by atoms with Gasteiger partial charge in [0.2, 0.25) is 11.2 Å². The molecule has 2 aromatic heterocycles. The summed E-state index contributed by atoms with van der Waals surface area (Å²) in [5, 5.41) is 11.3. The minimum Gasteiger partial charge on any atom is -0.502 e. The number of nitrogens with zero attached hydrogens (tertiary/aromatic N) is 1. The highest BCUT2D eigenvalue weighted by molar-refractivity contribution is 5.80. The highest BCUT2D eigenvalue weighted by Crippen LogP contribution is 2.33. The van der Waals surface area contributed by atoms with Crippen molar-refractivity contribution in [3.63, 3.8) is 0 Å². The first-order chi connectivity index (χ1) is 15.3. The third-order valence-electron chi connectivity index (χ3n) is 5.16. The molecule has 1 unspecified atom stereocenters. The van der Waals surface area contributed by atoms with E-state index in [4.69, 9.17) is 13.9 Å². The third-order valence-corrected chi connectivity index (χ3v) is 5.16. The van der Waals surface area contributed by atoms with Crippen molar-refractivity contribution in [2.75, 3.05) is 14.2 Å². The Kier molecular flexibility index (Phi) is 7.15. The van der Waals surface area contributed by atoms with Crippen LogP contribution in [-0.4, -0.2) is 29.9 Å². The smallest absolute Gasteiger partial charge is 0.306 e. The van der Waals surface area contributed by atoms with Crippen LogP contribution in [0.4, 0.5) is 0 Å². The van der Waals surface area contributed by atoms with Gasteiger partial charge in [-0.05, 0) is 23.4 Å². The predicted molar refractivity (Wildman–Crippen MR) is 119 cm³/mol. The largest absolute Gasteiger partial charge is 0.502 e. The lowest BCUT2D eigenvalue weighted by atomic mass is 9.91. The van der Waals surface area contributed by atoms with Crippen LogP contribution in [0.15, 0.2) is 50.4 Å². The minimum absolute atomic E-state index is 0.0111. The molecule has 0 aliphatic rings. The quantitative estimate of drug-likeness (QED) is 0.535. The zero-order valence-corrected chi connectivity index (χ0v) is 18.6. The fourth-order valence-corrected chi connectivity index (χ4v) is 3.74. The Bertz CT molecular complexity index is 1240. The number of rotatable bonds is 8. The summed E-state index contributed by atoms with van der Waals surface area (Å²) in [5.41, 5.74) is -0.0321. The molecule has 170 valence electrons. The molecule has 0 saturated heterocycles. The lowest BCUT2D eigenvalue weighted by Crippen LogP contribution is -2.29. The van der Waals surface area contributed by atoms with E-state index in [9.17, 15) is 19.5 Å². The van der Waals surface area contributed by atoms with Crippen molar-refractivity contribution in [1.29, 1.82) is 0 Å². The summed E-state index contributed by atoms with van der Waals surface area (Å²) < 4.78 is 17.3. The fourth-order valence-electron chi connectivity index (χ4n) is 3.74. The highest BCUT2D eigenvalue weighted by Gasteiger charge is 2.30. The van der Waals surface area contributed by atoms with Crippen LogP contribution in [0, 0.1) is 5.92 Å². The van der Waals surface area contributed by atoms with Crippen molar-refractivity contribution < 1.29 is 23.8 Å². The first kappa shape index (κ1) is 23.3. The molecule has 8 heteroatoms. The number of aromatic nitrogens is 1. The van der Waals surface area contributed by atoms with Crippen molar-refractivity contribution in [2.24, 2.45) is 5.92 Å². The zero-order chi connectivity index (χ0) is 23.4. The summed E-state index contributed by atoms with van der Waals surface area (Å²) in [7, 11) is 2.67. The Morgan fingerprint density at radius 2 is 1.88 bits per heavy atom. The third kappa shape index (κ3) is 4.75. The monoisotopic (exact) mass is 441 g/mol. The van der Waals surface area contributed by atoms with Gasteiger partial charge >= 0.3 is 5.97 Å². The van der Waals surface area contributed by atoms with Crippen LogP contribution < -0.4 is 11.0 Å². The van der Waals surface area contributed by atoms with Gasteiger partial charge in [-0.25, -0.2) is 0 Å². The number of pyridine rings is 1. The maximum Gasteiger partial charge on any atom is 0.306 e. The van der Waals surface area contributed by atoms with Gasteiger partial charge in [-0.2, -0.15) is 0 Å². The zero-order valence-electron chi connectivity index (χ0n) is 18.6. The van der Waals surface area contributed by atoms with Gasteiger partial charge in [-0.15, -0.1) is 0 Å². The number of fused-ring (bicyclic) bond motifs is 1. The normalized spacial score (nSPS) is 12.3. The lowest BCUT2D eigenvalue weighted by Gasteiger charge is -2.20. The summed E-state index contributed by atoms with van der Waals surface area (Å²) in [4.78, 5) is 38.2. The van der Waals surface area contributed by atoms with Gasteiger partial charge in [0.25, 0.3) is 5.56 Å². The molecule has 0 bridgehead atoms. The Labute approximate surface area is 185 Å². The van der Waals surface area contributed by atoms with E-state index in [1.54, 1.807) is 10.6 Å². The number of hydrogen-bond donors (Lipinski definition) is 1. The molecule has 0 aliphatic carbocycles. The Morgan fingerprint density at radius 1 is 1.16 bits per heavy atom. The molecular weight excluding hydrogens is 414 g/mol. The fraction of sp³-hybridized carbons (Fsp3) is 0.375. The number of aromatic hydroxyl groups is 1. The first-order valence-corrected chi connectivity index (χ1v) is 10.3. The van der Waals surface area contributed by atoms with Gasteiger partial charge in [0.15, 0.2) is 5.76 Å². The number of ether oxygens (including phenoxy) is 2. The van der Waals surface area contributed by atoms with Gasteiger partial charge in [0.05, 0.1) is 25.0 Å². The molecule has 0 aliphatic heterocycles. The second-order valence-corrected chi connectivity index (χ2v) is 8.02. The van der Waals surface area contributed by atoms with E-state index >= 15 is 0 Å². The van der Waals surface area contributed by atoms with Crippen LogP contribution in [0.25, 0.3) is 10.9 Å². The van der Waals surface area contributed by atoms with E-state index in [2.05, 4.69) is 0 Å². The molecule has 1 N–H and O–H groups in total. The molecule has 0 radical (unpaired) electrons. The highest BCUT2D eigenvalue weighted by atomic mass is 16.5. The molecule has 0 saturated carbocycles. The molecule has 32 heavy (non-hydrogen) atoms.